The molecule has 1 aliphatic heterocycles. The van der Waals surface area contributed by atoms with Gasteiger partial charge in [0, 0.05) is 22.3 Å². The summed E-state index contributed by atoms with van der Waals surface area (Å²) in [5.41, 5.74) is 3.99. The molecule has 1 saturated heterocycles. The van der Waals surface area contributed by atoms with E-state index in [0.29, 0.717) is 16.9 Å². The van der Waals surface area contributed by atoms with E-state index in [0.717, 1.165) is 65.0 Å². The molecular formula is C23H26N2O4S2. The highest BCUT2D eigenvalue weighted by atomic mass is 32.2. The summed E-state index contributed by atoms with van der Waals surface area (Å²) in [6.07, 6.45) is 6.32. The van der Waals surface area contributed by atoms with Crippen molar-refractivity contribution in [2.45, 2.75) is 65.8 Å². The SMILES string of the molecule is CC[C@@H](C)N1C(=O)S/C(=C/c2cc(C)n(-c3sc4c(c3C(=O)O)CCCC4)c2C)C1=O. The Balaban J connectivity index is 1.78. The monoisotopic (exact) mass is 458 g/mol. The molecule has 1 fully saturated rings. The molecule has 1 atom stereocenters. The molecule has 2 aromatic heterocycles. The van der Waals surface area contributed by atoms with Crippen molar-refractivity contribution in [1.82, 2.24) is 9.47 Å². The van der Waals surface area contributed by atoms with Crippen LogP contribution >= 0.6 is 23.1 Å². The fourth-order valence-corrected chi connectivity index (χ4v) is 6.77. The first-order valence-corrected chi connectivity index (χ1v) is 12.2. The third kappa shape index (κ3) is 3.65. The van der Waals surface area contributed by atoms with Crippen LogP contribution in [0.15, 0.2) is 11.0 Å². The molecule has 2 aromatic rings. The molecule has 31 heavy (non-hydrogen) atoms. The highest BCUT2D eigenvalue weighted by Gasteiger charge is 2.38. The van der Waals surface area contributed by atoms with E-state index in [1.54, 1.807) is 17.4 Å². The van der Waals surface area contributed by atoms with E-state index in [4.69, 9.17) is 0 Å². The maximum atomic E-state index is 12.8. The molecule has 0 bridgehead atoms. The number of aromatic carboxylic acids is 1. The Morgan fingerprint density at radius 3 is 2.65 bits per heavy atom. The zero-order chi connectivity index (χ0) is 22.4. The van der Waals surface area contributed by atoms with Crippen molar-refractivity contribution in [2.75, 3.05) is 0 Å². The molecular weight excluding hydrogens is 432 g/mol. The van der Waals surface area contributed by atoms with Crippen LogP contribution in [0.4, 0.5) is 4.79 Å². The highest BCUT2D eigenvalue weighted by molar-refractivity contribution is 8.18. The summed E-state index contributed by atoms with van der Waals surface area (Å²) in [6, 6.07) is 1.82. The number of aromatic nitrogens is 1. The first-order valence-electron chi connectivity index (χ1n) is 10.6. The molecule has 0 saturated carbocycles. The Morgan fingerprint density at radius 1 is 1.26 bits per heavy atom. The van der Waals surface area contributed by atoms with Crippen LogP contribution in [0.5, 0.6) is 0 Å². The molecule has 6 nitrogen and oxygen atoms in total. The van der Waals surface area contributed by atoms with Gasteiger partial charge in [0.25, 0.3) is 11.1 Å². The van der Waals surface area contributed by atoms with Gasteiger partial charge in [-0.25, -0.2) is 4.79 Å². The summed E-state index contributed by atoms with van der Waals surface area (Å²) >= 11 is 2.53. The molecule has 3 heterocycles. The number of carboxylic acids is 1. The van der Waals surface area contributed by atoms with Gasteiger partial charge in [-0.15, -0.1) is 11.3 Å². The molecule has 2 amide bonds. The van der Waals surface area contributed by atoms with E-state index in [-0.39, 0.29) is 17.2 Å². The summed E-state index contributed by atoms with van der Waals surface area (Å²) in [5.74, 6) is -1.15. The van der Waals surface area contributed by atoms with Crippen LogP contribution < -0.4 is 0 Å². The Labute approximate surface area is 189 Å². The molecule has 0 unspecified atom stereocenters. The zero-order valence-corrected chi connectivity index (χ0v) is 19.8. The summed E-state index contributed by atoms with van der Waals surface area (Å²) in [4.78, 5) is 40.2. The van der Waals surface area contributed by atoms with Gasteiger partial charge in [0.15, 0.2) is 0 Å². The minimum absolute atomic E-state index is 0.138. The number of imide groups is 1. The standard InChI is InChI=1S/C23H26N2O4S2/c1-5-12(2)25-20(26)18(31-23(25)29)11-15-10-13(3)24(14(15)4)21-19(22(27)28)16-8-6-7-9-17(16)30-21/h10-12H,5-9H2,1-4H3,(H,27,28)/b18-11+/t12-/m1/s1. The lowest BCUT2D eigenvalue weighted by atomic mass is 9.95. The van der Waals surface area contributed by atoms with Crippen molar-refractivity contribution in [3.05, 3.63) is 43.9 Å². The maximum absolute atomic E-state index is 12.8. The average Bonchev–Trinajstić information content (AvgIpc) is 3.32. The maximum Gasteiger partial charge on any atom is 0.339 e. The minimum atomic E-state index is -0.891. The summed E-state index contributed by atoms with van der Waals surface area (Å²) in [5, 5.41) is 10.4. The number of aryl methyl sites for hydroxylation is 2. The molecule has 164 valence electrons. The lowest BCUT2D eigenvalue weighted by molar-refractivity contribution is -0.124. The molecule has 0 spiro atoms. The third-order valence-corrected chi connectivity index (χ3v) is 8.34. The van der Waals surface area contributed by atoms with E-state index in [2.05, 4.69) is 0 Å². The second kappa shape index (κ2) is 8.31. The minimum Gasteiger partial charge on any atom is -0.478 e. The van der Waals surface area contributed by atoms with Gasteiger partial charge in [0.2, 0.25) is 0 Å². The van der Waals surface area contributed by atoms with E-state index in [9.17, 15) is 19.5 Å². The normalized spacial score (nSPS) is 18.7. The molecule has 8 heteroatoms. The second-order valence-electron chi connectivity index (χ2n) is 8.17. The zero-order valence-electron chi connectivity index (χ0n) is 18.2. The number of amides is 2. The number of thioether (sulfide) groups is 1. The number of hydrogen-bond donors (Lipinski definition) is 1. The number of carbonyl (C=O) groups is 3. The van der Waals surface area contributed by atoms with Crippen LogP contribution in [0.2, 0.25) is 0 Å². The van der Waals surface area contributed by atoms with Gasteiger partial charge in [-0.1, -0.05) is 6.92 Å². The van der Waals surface area contributed by atoms with Crippen molar-refractivity contribution < 1.29 is 19.5 Å². The van der Waals surface area contributed by atoms with Crippen LogP contribution in [-0.4, -0.2) is 37.7 Å². The lowest BCUT2D eigenvalue weighted by Gasteiger charge is -2.19. The van der Waals surface area contributed by atoms with E-state index in [1.807, 2.05) is 38.3 Å². The van der Waals surface area contributed by atoms with Gasteiger partial charge in [-0.2, -0.15) is 0 Å². The topological polar surface area (TPSA) is 79.6 Å². The molecule has 0 aromatic carbocycles. The predicted molar refractivity (Wildman–Crippen MR) is 124 cm³/mol. The number of fused-ring (bicyclic) bond motifs is 1. The van der Waals surface area contributed by atoms with Gasteiger partial charge in [-0.3, -0.25) is 14.5 Å². The average molecular weight is 459 g/mol. The number of carbonyl (C=O) groups excluding carboxylic acids is 2. The van der Waals surface area contributed by atoms with E-state index in [1.165, 1.54) is 9.78 Å². The predicted octanol–water partition coefficient (Wildman–Crippen LogP) is 5.57. The van der Waals surface area contributed by atoms with Crippen molar-refractivity contribution in [3.63, 3.8) is 0 Å². The Bertz CT molecular complexity index is 1130. The van der Waals surface area contributed by atoms with Crippen LogP contribution in [0.1, 0.15) is 70.9 Å². The lowest BCUT2D eigenvalue weighted by Crippen LogP contribution is -2.36. The molecule has 0 radical (unpaired) electrons. The van der Waals surface area contributed by atoms with Crippen molar-refractivity contribution in [3.8, 4) is 5.00 Å². The van der Waals surface area contributed by atoms with Crippen LogP contribution in [0.25, 0.3) is 11.1 Å². The fraction of sp³-hybridized carbons (Fsp3) is 0.435. The van der Waals surface area contributed by atoms with Crippen molar-refractivity contribution in [2.24, 2.45) is 0 Å². The first-order chi connectivity index (χ1) is 14.7. The van der Waals surface area contributed by atoms with Crippen molar-refractivity contribution >= 4 is 46.3 Å². The molecule has 2 aliphatic rings. The Morgan fingerprint density at radius 2 is 1.97 bits per heavy atom. The second-order valence-corrected chi connectivity index (χ2v) is 10.2. The number of nitrogens with zero attached hydrogens (tertiary/aromatic N) is 2. The first kappa shape index (κ1) is 21.9. The van der Waals surface area contributed by atoms with Gasteiger partial charge >= 0.3 is 5.97 Å². The third-order valence-electron chi connectivity index (χ3n) is 6.18. The highest BCUT2D eigenvalue weighted by Crippen LogP contribution is 2.40. The van der Waals surface area contributed by atoms with Gasteiger partial charge < -0.3 is 9.67 Å². The summed E-state index contributed by atoms with van der Waals surface area (Å²) in [6.45, 7) is 7.70. The van der Waals surface area contributed by atoms with E-state index >= 15 is 0 Å². The number of thiophene rings is 1. The smallest absolute Gasteiger partial charge is 0.339 e. The molecule has 4 rings (SSSR count). The fourth-order valence-electron chi connectivity index (χ4n) is 4.36. The van der Waals surface area contributed by atoms with Gasteiger partial charge in [0.05, 0.1) is 10.5 Å². The summed E-state index contributed by atoms with van der Waals surface area (Å²) in [7, 11) is 0. The molecule has 1 aliphatic carbocycles. The quantitative estimate of drug-likeness (QED) is 0.593. The van der Waals surface area contributed by atoms with Gasteiger partial charge in [0.1, 0.15) is 5.00 Å². The number of hydrogen-bond acceptors (Lipinski definition) is 5. The van der Waals surface area contributed by atoms with Gasteiger partial charge in [-0.05, 0) is 87.9 Å². The largest absolute Gasteiger partial charge is 0.478 e. The van der Waals surface area contributed by atoms with Crippen LogP contribution in [0.3, 0.4) is 0 Å². The Hall–Kier alpha value is -2.32. The number of rotatable bonds is 5. The van der Waals surface area contributed by atoms with Crippen LogP contribution in [-0.2, 0) is 17.6 Å². The molecule has 1 N–H and O–H groups in total. The Kier molecular flexibility index (Phi) is 5.87. The van der Waals surface area contributed by atoms with E-state index < -0.39 is 5.97 Å². The number of carboxylic acid groups (broad SMARTS) is 1. The summed E-state index contributed by atoms with van der Waals surface area (Å²) < 4.78 is 1.98. The van der Waals surface area contributed by atoms with Crippen LogP contribution in [0, 0.1) is 13.8 Å². The van der Waals surface area contributed by atoms with Crippen molar-refractivity contribution in [1.29, 1.82) is 0 Å².